The predicted molar refractivity (Wildman–Crippen MR) is 102 cm³/mol. The van der Waals surface area contributed by atoms with Crippen molar-refractivity contribution in [2.45, 2.75) is 25.4 Å². The van der Waals surface area contributed by atoms with E-state index in [4.69, 9.17) is 9.47 Å². The van der Waals surface area contributed by atoms with Crippen LogP contribution in [0.5, 0.6) is 5.75 Å². The van der Waals surface area contributed by atoms with E-state index in [0.29, 0.717) is 56.9 Å². The molecule has 148 valence electrons. The standard InChI is InChI=1S/C20H29N3O4/c1-3-27-17-7-5-4-6-16(17)18(24)22-12-14-23(15-13-22)19(25)20(26-2)8-10-21-11-9-20/h4-7,21H,3,8-15H2,1-2H3. The zero-order valence-corrected chi connectivity index (χ0v) is 16.2. The van der Waals surface area contributed by atoms with Gasteiger partial charge in [0.05, 0.1) is 12.2 Å². The second-order valence-electron chi connectivity index (χ2n) is 6.96. The predicted octanol–water partition coefficient (Wildman–Crippen LogP) is 1.14. The number of amides is 2. The third-order valence-electron chi connectivity index (χ3n) is 5.46. The summed E-state index contributed by atoms with van der Waals surface area (Å²) in [6.45, 7) is 6.07. The molecule has 2 fully saturated rings. The normalized spacial score (nSPS) is 19.6. The van der Waals surface area contributed by atoms with Crippen LogP contribution in [0.15, 0.2) is 24.3 Å². The summed E-state index contributed by atoms with van der Waals surface area (Å²) in [6, 6.07) is 7.31. The van der Waals surface area contributed by atoms with Crippen LogP contribution in [0.4, 0.5) is 0 Å². The molecular formula is C20H29N3O4. The maximum absolute atomic E-state index is 13.0. The average Bonchev–Trinajstić information content (AvgIpc) is 2.74. The fourth-order valence-electron chi connectivity index (χ4n) is 3.83. The molecule has 0 aliphatic carbocycles. The lowest BCUT2D eigenvalue weighted by Crippen LogP contribution is -2.59. The monoisotopic (exact) mass is 375 g/mol. The second-order valence-corrected chi connectivity index (χ2v) is 6.96. The van der Waals surface area contributed by atoms with Gasteiger partial charge in [-0.25, -0.2) is 0 Å². The molecule has 0 bridgehead atoms. The van der Waals surface area contributed by atoms with Gasteiger partial charge in [-0.1, -0.05) is 12.1 Å². The molecule has 1 aromatic carbocycles. The van der Waals surface area contributed by atoms with Crippen molar-refractivity contribution in [3.8, 4) is 5.75 Å². The molecule has 0 aromatic heterocycles. The summed E-state index contributed by atoms with van der Waals surface area (Å²) in [5.41, 5.74) is -0.148. The van der Waals surface area contributed by atoms with Crippen molar-refractivity contribution in [2.24, 2.45) is 0 Å². The number of rotatable bonds is 5. The van der Waals surface area contributed by atoms with E-state index in [2.05, 4.69) is 5.32 Å². The highest BCUT2D eigenvalue weighted by atomic mass is 16.5. The number of para-hydroxylation sites is 1. The maximum Gasteiger partial charge on any atom is 0.257 e. The molecular weight excluding hydrogens is 346 g/mol. The first kappa shape index (κ1) is 19.6. The minimum absolute atomic E-state index is 0.0468. The first-order chi connectivity index (χ1) is 13.1. The second kappa shape index (κ2) is 8.71. The number of methoxy groups -OCH3 is 1. The van der Waals surface area contributed by atoms with Crippen LogP contribution in [-0.4, -0.2) is 80.2 Å². The number of carbonyl (C=O) groups excluding carboxylic acids is 2. The quantitative estimate of drug-likeness (QED) is 0.836. The highest BCUT2D eigenvalue weighted by Crippen LogP contribution is 2.26. The van der Waals surface area contributed by atoms with Crippen LogP contribution >= 0.6 is 0 Å². The van der Waals surface area contributed by atoms with Crippen molar-refractivity contribution >= 4 is 11.8 Å². The lowest BCUT2D eigenvalue weighted by molar-refractivity contribution is -0.159. The van der Waals surface area contributed by atoms with E-state index < -0.39 is 5.60 Å². The van der Waals surface area contributed by atoms with Gasteiger partial charge in [0, 0.05) is 33.3 Å². The Hall–Kier alpha value is -2.12. The Morgan fingerprint density at radius 1 is 1.07 bits per heavy atom. The number of nitrogens with zero attached hydrogens (tertiary/aromatic N) is 2. The molecule has 2 amide bonds. The van der Waals surface area contributed by atoms with E-state index in [-0.39, 0.29) is 11.8 Å². The third kappa shape index (κ3) is 4.09. The van der Waals surface area contributed by atoms with E-state index in [1.165, 1.54) is 0 Å². The van der Waals surface area contributed by atoms with Crippen LogP contribution in [-0.2, 0) is 9.53 Å². The van der Waals surface area contributed by atoms with Crippen LogP contribution in [0, 0.1) is 0 Å². The molecule has 7 heteroatoms. The van der Waals surface area contributed by atoms with E-state index in [9.17, 15) is 9.59 Å². The van der Waals surface area contributed by atoms with Gasteiger partial charge < -0.3 is 24.6 Å². The van der Waals surface area contributed by atoms with Gasteiger partial charge in [-0.3, -0.25) is 9.59 Å². The Bertz CT molecular complexity index is 665. The molecule has 27 heavy (non-hydrogen) atoms. The smallest absolute Gasteiger partial charge is 0.257 e. The molecule has 1 N–H and O–H groups in total. The Morgan fingerprint density at radius 3 is 2.33 bits per heavy atom. The number of piperidine rings is 1. The van der Waals surface area contributed by atoms with Gasteiger partial charge in [-0.2, -0.15) is 0 Å². The third-order valence-corrected chi connectivity index (χ3v) is 5.46. The largest absolute Gasteiger partial charge is 0.493 e. The first-order valence-corrected chi connectivity index (χ1v) is 9.67. The zero-order chi connectivity index (χ0) is 19.3. The number of hydrogen-bond acceptors (Lipinski definition) is 5. The molecule has 2 aliphatic rings. The van der Waals surface area contributed by atoms with Crippen molar-refractivity contribution in [2.75, 3.05) is 53.0 Å². The van der Waals surface area contributed by atoms with Crippen LogP contribution in [0.2, 0.25) is 0 Å². The summed E-state index contributed by atoms with van der Waals surface area (Å²) < 4.78 is 11.2. The van der Waals surface area contributed by atoms with E-state index in [0.717, 1.165) is 13.1 Å². The van der Waals surface area contributed by atoms with Crippen LogP contribution in [0.25, 0.3) is 0 Å². The molecule has 1 aromatic rings. The highest BCUT2D eigenvalue weighted by molar-refractivity contribution is 5.97. The first-order valence-electron chi connectivity index (χ1n) is 9.67. The van der Waals surface area contributed by atoms with Crippen LogP contribution < -0.4 is 10.1 Å². The summed E-state index contributed by atoms with van der Waals surface area (Å²) in [5.74, 6) is 0.610. The van der Waals surface area contributed by atoms with Gasteiger partial charge in [0.15, 0.2) is 0 Å². The van der Waals surface area contributed by atoms with E-state index in [1.54, 1.807) is 18.1 Å². The molecule has 3 rings (SSSR count). The Labute approximate surface area is 160 Å². The molecule has 0 unspecified atom stereocenters. The van der Waals surface area contributed by atoms with Crippen molar-refractivity contribution in [1.29, 1.82) is 0 Å². The molecule has 2 aliphatic heterocycles. The van der Waals surface area contributed by atoms with E-state index in [1.807, 2.05) is 30.0 Å². The summed E-state index contributed by atoms with van der Waals surface area (Å²) >= 11 is 0. The Kier molecular flexibility index (Phi) is 6.34. The summed E-state index contributed by atoms with van der Waals surface area (Å²) in [6.07, 6.45) is 1.37. The van der Waals surface area contributed by atoms with Gasteiger partial charge in [-0.15, -0.1) is 0 Å². The number of piperazine rings is 1. The summed E-state index contributed by atoms with van der Waals surface area (Å²) in [7, 11) is 1.62. The SMILES string of the molecule is CCOc1ccccc1C(=O)N1CCN(C(=O)C2(OC)CCNCC2)CC1. The topological polar surface area (TPSA) is 71.1 Å². The van der Waals surface area contributed by atoms with Gasteiger partial charge in [-0.05, 0) is 45.0 Å². The average molecular weight is 375 g/mol. The number of benzene rings is 1. The molecule has 0 saturated carbocycles. The Morgan fingerprint density at radius 2 is 1.70 bits per heavy atom. The van der Waals surface area contributed by atoms with Gasteiger partial charge in [0.1, 0.15) is 11.4 Å². The fraction of sp³-hybridized carbons (Fsp3) is 0.600. The molecule has 0 spiro atoms. The maximum atomic E-state index is 13.0. The number of nitrogens with one attached hydrogen (secondary N) is 1. The summed E-state index contributed by atoms with van der Waals surface area (Å²) in [4.78, 5) is 29.6. The van der Waals surface area contributed by atoms with Crippen molar-refractivity contribution < 1.29 is 19.1 Å². The molecule has 0 atom stereocenters. The van der Waals surface area contributed by atoms with Crippen molar-refractivity contribution in [3.05, 3.63) is 29.8 Å². The van der Waals surface area contributed by atoms with Crippen LogP contribution in [0.1, 0.15) is 30.1 Å². The summed E-state index contributed by atoms with van der Waals surface area (Å²) in [5, 5.41) is 3.27. The minimum atomic E-state index is -0.723. The van der Waals surface area contributed by atoms with E-state index >= 15 is 0 Å². The lowest BCUT2D eigenvalue weighted by atomic mass is 9.90. The fourth-order valence-corrected chi connectivity index (χ4v) is 3.83. The molecule has 0 radical (unpaired) electrons. The van der Waals surface area contributed by atoms with Crippen molar-refractivity contribution in [1.82, 2.24) is 15.1 Å². The van der Waals surface area contributed by atoms with Crippen LogP contribution in [0.3, 0.4) is 0 Å². The number of ether oxygens (including phenoxy) is 2. The minimum Gasteiger partial charge on any atom is -0.493 e. The van der Waals surface area contributed by atoms with Gasteiger partial charge in [0.25, 0.3) is 11.8 Å². The van der Waals surface area contributed by atoms with Gasteiger partial charge in [0.2, 0.25) is 0 Å². The molecule has 2 saturated heterocycles. The number of carbonyl (C=O) groups is 2. The zero-order valence-electron chi connectivity index (χ0n) is 16.2. The van der Waals surface area contributed by atoms with Gasteiger partial charge >= 0.3 is 0 Å². The highest BCUT2D eigenvalue weighted by Gasteiger charge is 2.43. The molecule has 7 nitrogen and oxygen atoms in total. The Balaban J connectivity index is 1.63. The molecule has 2 heterocycles. The number of hydrogen-bond donors (Lipinski definition) is 1. The van der Waals surface area contributed by atoms with Crippen molar-refractivity contribution in [3.63, 3.8) is 0 Å². The lowest BCUT2D eigenvalue weighted by Gasteiger charge is -2.42.